The summed E-state index contributed by atoms with van der Waals surface area (Å²) in [5, 5.41) is 7.63. The van der Waals surface area contributed by atoms with Crippen LogP contribution in [0.2, 0.25) is 0 Å². The topological polar surface area (TPSA) is 95.0 Å². The molecule has 2 N–H and O–H groups in total. The predicted molar refractivity (Wildman–Crippen MR) is 150 cm³/mol. The molecule has 0 amide bonds. The molecule has 1 aliphatic heterocycles. The molecule has 1 unspecified atom stereocenters. The molecule has 0 bridgehead atoms. The minimum atomic E-state index is 0.470. The Hall–Kier alpha value is -2.69. The largest absolute Gasteiger partial charge is 0.351 e. The van der Waals surface area contributed by atoms with Crippen LogP contribution in [0.3, 0.4) is 0 Å². The Morgan fingerprint density at radius 2 is 1.86 bits per heavy atom. The molecule has 1 saturated heterocycles. The van der Waals surface area contributed by atoms with Gasteiger partial charge in [0.1, 0.15) is 0 Å². The van der Waals surface area contributed by atoms with E-state index in [4.69, 9.17) is 4.98 Å². The van der Waals surface area contributed by atoms with E-state index in [1.54, 1.807) is 17.5 Å². The summed E-state index contributed by atoms with van der Waals surface area (Å²) in [7, 11) is 4.31. The Balaban J connectivity index is 1.18. The van der Waals surface area contributed by atoms with Gasteiger partial charge in [0.25, 0.3) is 0 Å². The first kappa shape index (κ1) is 25.9. The molecule has 0 radical (unpaired) electrons. The van der Waals surface area contributed by atoms with Gasteiger partial charge in [-0.3, -0.25) is 9.88 Å². The molecule has 1 aliphatic carbocycles. The number of hydrogen-bond donors (Lipinski definition) is 2. The second kappa shape index (κ2) is 12.2. The molecule has 10 heteroatoms. The van der Waals surface area contributed by atoms with Crippen LogP contribution < -0.4 is 10.6 Å². The number of thiazole rings is 1. The van der Waals surface area contributed by atoms with Crippen LogP contribution in [0.25, 0.3) is 10.6 Å². The monoisotopic (exact) mass is 521 g/mol. The molecule has 0 aromatic carbocycles. The smallest absolute Gasteiger partial charge is 0.223 e. The fraction of sp³-hybridized carbons (Fsp3) is 0.593. The van der Waals surface area contributed by atoms with E-state index in [0.717, 1.165) is 59.2 Å². The highest BCUT2D eigenvalue weighted by Gasteiger charge is 2.21. The van der Waals surface area contributed by atoms with Crippen molar-refractivity contribution < 1.29 is 0 Å². The third-order valence-electron chi connectivity index (χ3n) is 7.10. The number of hydrogen-bond acceptors (Lipinski definition) is 10. The van der Waals surface area contributed by atoms with Gasteiger partial charge in [0.05, 0.1) is 28.7 Å². The van der Waals surface area contributed by atoms with Crippen molar-refractivity contribution in [1.82, 2.24) is 34.7 Å². The number of nitrogens with one attached hydrogen (secondary N) is 2. The van der Waals surface area contributed by atoms with Gasteiger partial charge >= 0.3 is 0 Å². The van der Waals surface area contributed by atoms with Gasteiger partial charge in [-0.15, -0.1) is 0 Å². The zero-order valence-electron chi connectivity index (χ0n) is 22.3. The highest BCUT2D eigenvalue weighted by atomic mass is 32.1. The zero-order chi connectivity index (χ0) is 25.6. The second-order valence-electron chi connectivity index (χ2n) is 10.8. The summed E-state index contributed by atoms with van der Waals surface area (Å²) in [5.74, 6) is 2.15. The molecular formula is C27H39N9S. The van der Waals surface area contributed by atoms with Gasteiger partial charge in [-0.2, -0.15) is 0 Å². The number of piperidine rings is 1. The van der Waals surface area contributed by atoms with Gasteiger partial charge in [0.2, 0.25) is 5.95 Å². The summed E-state index contributed by atoms with van der Waals surface area (Å²) in [5.41, 5.74) is 2.85. The minimum absolute atomic E-state index is 0.470. The van der Waals surface area contributed by atoms with Crippen LogP contribution in [0.5, 0.6) is 0 Å². The van der Waals surface area contributed by atoms with Gasteiger partial charge in [-0.05, 0) is 65.2 Å². The summed E-state index contributed by atoms with van der Waals surface area (Å²) < 4.78 is 0. The van der Waals surface area contributed by atoms with E-state index in [-0.39, 0.29) is 0 Å². The summed E-state index contributed by atoms with van der Waals surface area (Å²) in [6, 6.07) is 2.49. The molecule has 0 spiro atoms. The minimum Gasteiger partial charge on any atom is -0.351 e. The van der Waals surface area contributed by atoms with Gasteiger partial charge < -0.3 is 15.5 Å². The molecule has 9 nitrogen and oxygen atoms in total. The van der Waals surface area contributed by atoms with Crippen molar-refractivity contribution in [2.24, 2.45) is 5.92 Å². The van der Waals surface area contributed by atoms with Crippen LogP contribution in [0.15, 0.2) is 24.7 Å². The van der Waals surface area contributed by atoms with Crippen molar-refractivity contribution in [3.05, 3.63) is 36.0 Å². The highest BCUT2D eigenvalue weighted by Crippen LogP contribution is 2.30. The Labute approximate surface area is 224 Å². The quantitative estimate of drug-likeness (QED) is 0.405. The summed E-state index contributed by atoms with van der Waals surface area (Å²) in [6.45, 7) is 6.27. The van der Waals surface area contributed by atoms with E-state index >= 15 is 0 Å². The number of aryl methyl sites for hydroxylation is 1. The molecule has 1 atom stereocenters. The van der Waals surface area contributed by atoms with Crippen LogP contribution in [-0.4, -0.2) is 74.5 Å². The molecular weight excluding hydrogens is 482 g/mol. The van der Waals surface area contributed by atoms with Crippen molar-refractivity contribution in [1.29, 1.82) is 0 Å². The van der Waals surface area contributed by atoms with Crippen LogP contribution >= 0.6 is 11.3 Å². The lowest BCUT2D eigenvalue weighted by molar-refractivity contribution is 0.144. The van der Waals surface area contributed by atoms with Crippen LogP contribution in [0, 0.1) is 12.8 Å². The number of likely N-dealkylation sites (tertiary alicyclic amines) is 1. The van der Waals surface area contributed by atoms with Gasteiger partial charge in [-0.25, -0.2) is 19.9 Å². The van der Waals surface area contributed by atoms with E-state index < -0.39 is 0 Å². The fourth-order valence-electron chi connectivity index (χ4n) is 5.44. The van der Waals surface area contributed by atoms with Gasteiger partial charge in [0, 0.05) is 37.6 Å². The molecule has 37 heavy (non-hydrogen) atoms. The second-order valence-corrected chi connectivity index (χ2v) is 11.8. The lowest BCUT2D eigenvalue weighted by atomic mass is 9.96. The Morgan fingerprint density at radius 3 is 2.65 bits per heavy atom. The molecule has 1 saturated carbocycles. The lowest BCUT2D eigenvalue weighted by Gasteiger charge is -2.33. The molecule has 3 aromatic heterocycles. The fourth-order valence-corrected chi connectivity index (χ4v) is 6.22. The van der Waals surface area contributed by atoms with Crippen LogP contribution in [0.1, 0.15) is 56.3 Å². The Kier molecular flexibility index (Phi) is 8.58. The van der Waals surface area contributed by atoms with Crippen LogP contribution in [0.4, 0.5) is 16.9 Å². The highest BCUT2D eigenvalue weighted by molar-refractivity contribution is 7.18. The molecule has 4 heterocycles. The average Bonchev–Trinajstić information content (AvgIpc) is 3.34. The average molecular weight is 522 g/mol. The first-order chi connectivity index (χ1) is 18.0. The standard InChI is InChI=1S/C27H39N9S/c1-19-12-23(33-26(31-19)32-21-9-5-4-6-10-21)24-14-30-27(37-24)34-25-15-28-22(13-29-25)18-36-11-7-8-20(17-36)16-35(2)3/h12-15,20-21H,4-11,16-18H2,1-3H3,(H,29,30,34)(H,31,32,33). The number of aromatic nitrogens is 5. The molecule has 3 aromatic rings. The molecule has 5 rings (SSSR count). The van der Waals surface area contributed by atoms with Gasteiger partial charge in [0.15, 0.2) is 10.9 Å². The third-order valence-corrected chi connectivity index (χ3v) is 8.04. The first-order valence-electron chi connectivity index (χ1n) is 13.5. The van der Waals surface area contributed by atoms with Crippen molar-refractivity contribution in [3.8, 4) is 10.6 Å². The molecule has 198 valence electrons. The number of nitrogens with zero attached hydrogens (tertiary/aromatic N) is 7. The van der Waals surface area contributed by atoms with Gasteiger partial charge in [-0.1, -0.05) is 30.6 Å². The summed E-state index contributed by atoms with van der Waals surface area (Å²) in [4.78, 5) is 29.0. The van der Waals surface area contributed by atoms with E-state index in [0.29, 0.717) is 17.8 Å². The Bertz CT molecular complexity index is 1140. The van der Waals surface area contributed by atoms with Crippen molar-refractivity contribution in [2.45, 2.75) is 64.5 Å². The molecule has 2 fully saturated rings. The maximum absolute atomic E-state index is 4.79. The predicted octanol–water partition coefficient (Wildman–Crippen LogP) is 4.96. The van der Waals surface area contributed by atoms with Crippen molar-refractivity contribution >= 4 is 28.2 Å². The Morgan fingerprint density at radius 1 is 1.00 bits per heavy atom. The first-order valence-corrected chi connectivity index (χ1v) is 14.4. The third kappa shape index (κ3) is 7.43. The maximum Gasteiger partial charge on any atom is 0.223 e. The normalized spacial score (nSPS) is 19.3. The zero-order valence-corrected chi connectivity index (χ0v) is 23.1. The SMILES string of the molecule is Cc1cc(-c2cnc(Nc3cnc(CN4CCCC(CN(C)C)C4)cn3)s2)nc(NC2CCCCC2)n1. The molecule has 2 aliphatic rings. The number of rotatable bonds is 9. The van der Waals surface area contributed by atoms with Crippen molar-refractivity contribution in [2.75, 3.05) is 44.4 Å². The van der Waals surface area contributed by atoms with Crippen LogP contribution in [-0.2, 0) is 6.54 Å². The maximum atomic E-state index is 4.79. The van der Waals surface area contributed by atoms with E-state index in [9.17, 15) is 0 Å². The summed E-state index contributed by atoms with van der Waals surface area (Å²) in [6.07, 6.45) is 14.4. The van der Waals surface area contributed by atoms with E-state index in [1.807, 2.05) is 25.4 Å². The van der Waals surface area contributed by atoms with Crippen molar-refractivity contribution in [3.63, 3.8) is 0 Å². The number of anilines is 3. The van der Waals surface area contributed by atoms with E-state index in [1.165, 1.54) is 44.9 Å². The lowest BCUT2D eigenvalue weighted by Crippen LogP contribution is -2.39. The summed E-state index contributed by atoms with van der Waals surface area (Å²) >= 11 is 1.56. The van der Waals surface area contributed by atoms with E-state index in [2.05, 4.69) is 54.5 Å².